The van der Waals surface area contributed by atoms with E-state index in [2.05, 4.69) is 15.3 Å². The Labute approximate surface area is 81.2 Å². The minimum Gasteiger partial charge on any atom is -0.349 e. The van der Waals surface area contributed by atoms with Crippen LogP contribution in [0.4, 0.5) is 5.82 Å². The number of carbonyl (C=O) groups excluding carboxylic acids is 1. The van der Waals surface area contributed by atoms with Crippen LogP contribution in [0, 0.1) is 0 Å². The SMILES string of the molecule is O=C1c2cncnc2NC2CCCN12. The molecule has 1 saturated heterocycles. The fourth-order valence-corrected chi connectivity index (χ4v) is 2.07. The van der Waals surface area contributed by atoms with Gasteiger partial charge in [0.1, 0.15) is 23.9 Å². The standard InChI is InChI=1S/C9H10N4O/c14-9-6-4-10-5-11-8(6)12-7-2-1-3-13(7)9/h4-5,7H,1-3H2,(H,10,11,12). The first kappa shape index (κ1) is 7.73. The number of carbonyl (C=O) groups is 1. The molecule has 0 aliphatic carbocycles. The number of hydrogen-bond donors (Lipinski definition) is 1. The second-order valence-electron chi connectivity index (χ2n) is 3.59. The van der Waals surface area contributed by atoms with E-state index >= 15 is 0 Å². The zero-order valence-corrected chi connectivity index (χ0v) is 7.60. The van der Waals surface area contributed by atoms with Gasteiger partial charge in [0.05, 0.1) is 0 Å². The number of rotatable bonds is 0. The normalized spacial score (nSPS) is 24.1. The van der Waals surface area contributed by atoms with Crippen molar-refractivity contribution >= 4 is 11.7 Å². The van der Waals surface area contributed by atoms with Gasteiger partial charge in [0, 0.05) is 12.7 Å². The van der Waals surface area contributed by atoms with Gasteiger partial charge < -0.3 is 10.2 Å². The summed E-state index contributed by atoms with van der Waals surface area (Å²) in [5.41, 5.74) is 0.589. The smallest absolute Gasteiger partial charge is 0.260 e. The maximum Gasteiger partial charge on any atom is 0.260 e. The first-order chi connectivity index (χ1) is 6.86. The Balaban J connectivity index is 2.08. The molecule has 0 saturated carbocycles. The van der Waals surface area contributed by atoms with Crippen molar-refractivity contribution < 1.29 is 4.79 Å². The van der Waals surface area contributed by atoms with E-state index in [9.17, 15) is 4.79 Å². The number of hydrogen-bond acceptors (Lipinski definition) is 4. The van der Waals surface area contributed by atoms with Crippen molar-refractivity contribution in [3.05, 3.63) is 18.1 Å². The Morgan fingerprint density at radius 2 is 2.50 bits per heavy atom. The van der Waals surface area contributed by atoms with Crippen LogP contribution in [-0.4, -0.2) is 33.5 Å². The molecule has 5 nitrogen and oxygen atoms in total. The minimum atomic E-state index is 0.0573. The molecule has 3 rings (SSSR count). The molecule has 72 valence electrons. The van der Waals surface area contributed by atoms with E-state index < -0.39 is 0 Å². The average Bonchev–Trinajstić information content (AvgIpc) is 2.66. The Morgan fingerprint density at radius 3 is 3.43 bits per heavy atom. The third kappa shape index (κ3) is 0.921. The van der Waals surface area contributed by atoms with E-state index in [1.54, 1.807) is 6.20 Å². The zero-order valence-electron chi connectivity index (χ0n) is 7.60. The maximum atomic E-state index is 11.9. The fourth-order valence-electron chi connectivity index (χ4n) is 2.07. The highest BCUT2D eigenvalue weighted by Gasteiger charge is 2.35. The van der Waals surface area contributed by atoms with Gasteiger partial charge in [-0.15, -0.1) is 0 Å². The topological polar surface area (TPSA) is 58.1 Å². The molecule has 1 atom stereocenters. The molecule has 1 fully saturated rings. The predicted molar refractivity (Wildman–Crippen MR) is 49.7 cm³/mol. The van der Waals surface area contributed by atoms with Crippen molar-refractivity contribution in [1.82, 2.24) is 14.9 Å². The van der Waals surface area contributed by atoms with Gasteiger partial charge in [-0.25, -0.2) is 9.97 Å². The van der Waals surface area contributed by atoms with Crippen molar-refractivity contribution in [3.8, 4) is 0 Å². The van der Waals surface area contributed by atoms with E-state index in [0.29, 0.717) is 11.4 Å². The van der Waals surface area contributed by atoms with Crippen molar-refractivity contribution in [2.75, 3.05) is 11.9 Å². The van der Waals surface area contributed by atoms with Gasteiger partial charge in [0.25, 0.3) is 5.91 Å². The summed E-state index contributed by atoms with van der Waals surface area (Å²) in [5.74, 6) is 0.731. The van der Waals surface area contributed by atoms with Crippen molar-refractivity contribution in [2.24, 2.45) is 0 Å². The van der Waals surface area contributed by atoms with Gasteiger partial charge in [-0.05, 0) is 12.8 Å². The van der Waals surface area contributed by atoms with Crippen LogP contribution in [0.15, 0.2) is 12.5 Å². The summed E-state index contributed by atoms with van der Waals surface area (Å²) in [6.45, 7) is 0.838. The summed E-state index contributed by atoms with van der Waals surface area (Å²) >= 11 is 0. The lowest BCUT2D eigenvalue weighted by atomic mass is 10.2. The number of anilines is 1. The fraction of sp³-hybridized carbons (Fsp3) is 0.444. The largest absolute Gasteiger partial charge is 0.349 e. The van der Waals surface area contributed by atoms with Crippen LogP contribution in [0.1, 0.15) is 23.2 Å². The summed E-state index contributed by atoms with van der Waals surface area (Å²) < 4.78 is 0. The molecule has 1 amide bonds. The number of aromatic nitrogens is 2. The predicted octanol–water partition coefficient (Wildman–Crippen LogP) is 0.464. The number of amides is 1. The highest BCUT2D eigenvalue weighted by atomic mass is 16.2. The monoisotopic (exact) mass is 190 g/mol. The average molecular weight is 190 g/mol. The molecule has 1 unspecified atom stereocenters. The number of fused-ring (bicyclic) bond motifs is 2. The first-order valence-electron chi connectivity index (χ1n) is 4.74. The summed E-state index contributed by atoms with van der Waals surface area (Å²) in [7, 11) is 0. The van der Waals surface area contributed by atoms with Crippen LogP contribution in [-0.2, 0) is 0 Å². The summed E-state index contributed by atoms with van der Waals surface area (Å²) in [4.78, 5) is 21.7. The van der Waals surface area contributed by atoms with Crippen LogP contribution in [0.2, 0.25) is 0 Å². The lowest BCUT2D eigenvalue weighted by Crippen LogP contribution is -2.44. The molecule has 0 bridgehead atoms. The molecular formula is C9H10N4O. The number of nitrogens with zero attached hydrogens (tertiary/aromatic N) is 3. The molecule has 1 N–H and O–H groups in total. The summed E-state index contributed by atoms with van der Waals surface area (Å²) in [6.07, 6.45) is 5.25. The Kier molecular flexibility index (Phi) is 1.47. The van der Waals surface area contributed by atoms with Gasteiger partial charge >= 0.3 is 0 Å². The van der Waals surface area contributed by atoms with Crippen molar-refractivity contribution in [1.29, 1.82) is 0 Å². The molecule has 3 heterocycles. The maximum absolute atomic E-state index is 11.9. The quantitative estimate of drug-likeness (QED) is 0.645. The van der Waals surface area contributed by atoms with E-state index in [4.69, 9.17) is 0 Å². The third-order valence-corrected chi connectivity index (χ3v) is 2.76. The highest BCUT2D eigenvalue weighted by Crippen LogP contribution is 2.28. The van der Waals surface area contributed by atoms with E-state index in [0.717, 1.165) is 19.4 Å². The van der Waals surface area contributed by atoms with Crippen LogP contribution in [0.25, 0.3) is 0 Å². The van der Waals surface area contributed by atoms with E-state index in [1.165, 1.54) is 6.33 Å². The molecule has 2 aliphatic heterocycles. The lowest BCUT2D eigenvalue weighted by Gasteiger charge is -2.31. The van der Waals surface area contributed by atoms with Crippen LogP contribution >= 0.6 is 0 Å². The molecule has 1 aromatic heterocycles. The van der Waals surface area contributed by atoms with Crippen LogP contribution in [0.3, 0.4) is 0 Å². The summed E-state index contributed by atoms with van der Waals surface area (Å²) in [6, 6.07) is 0. The molecule has 0 spiro atoms. The van der Waals surface area contributed by atoms with Gasteiger partial charge in [-0.1, -0.05) is 0 Å². The van der Waals surface area contributed by atoms with Gasteiger partial charge in [0.2, 0.25) is 0 Å². The Bertz CT molecular complexity index is 392. The number of nitrogens with one attached hydrogen (secondary N) is 1. The van der Waals surface area contributed by atoms with Crippen LogP contribution < -0.4 is 5.32 Å². The van der Waals surface area contributed by atoms with Gasteiger partial charge in [-0.2, -0.15) is 0 Å². The summed E-state index contributed by atoms with van der Waals surface area (Å²) in [5, 5.41) is 3.24. The second kappa shape index (κ2) is 2.67. The van der Waals surface area contributed by atoms with Crippen molar-refractivity contribution in [2.45, 2.75) is 19.0 Å². The minimum absolute atomic E-state index is 0.0573. The first-order valence-corrected chi connectivity index (χ1v) is 4.74. The lowest BCUT2D eigenvalue weighted by molar-refractivity contribution is 0.0739. The zero-order chi connectivity index (χ0) is 9.54. The molecule has 5 heteroatoms. The van der Waals surface area contributed by atoms with E-state index in [-0.39, 0.29) is 12.1 Å². The van der Waals surface area contributed by atoms with Gasteiger partial charge in [0.15, 0.2) is 0 Å². The Hall–Kier alpha value is -1.65. The molecule has 0 radical (unpaired) electrons. The molecule has 14 heavy (non-hydrogen) atoms. The Morgan fingerprint density at radius 1 is 1.57 bits per heavy atom. The molecular weight excluding hydrogens is 180 g/mol. The second-order valence-corrected chi connectivity index (χ2v) is 3.59. The molecule has 1 aromatic rings. The third-order valence-electron chi connectivity index (χ3n) is 2.76. The van der Waals surface area contributed by atoms with E-state index in [1.807, 2.05) is 4.90 Å². The molecule has 0 aromatic carbocycles. The van der Waals surface area contributed by atoms with Crippen LogP contribution in [0.5, 0.6) is 0 Å². The van der Waals surface area contributed by atoms with Gasteiger partial charge in [-0.3, -0.25) is 4.79 Å². The van der Waals surface area contributed by atoms with Crippen molar-refractivity contribution in [3.63, 3.8) is 0 Å². The highest BCUT2D eigenvalue weighted by molar-refractivity contribution is 6.00. The molecule has 2 aliphatic rings.